The van der Waals surface area contributed by atoms with Crippen LogP contribution in [0.5, 0.6) is 0 Å². The number of carbonyl (C=O) groups excluding carboxylic acids is 1. The molecule has 0 unspecified atom stereocenters. The number of hydrogen-bond donors (Lipinski definition) is 1. The molecular weight excluding hydrogens is 324 g/mol. The van der Waals surface area contributed by atoms with Gasteiger partial charge in [0.15, 0.2) is 0 Å². The molecule has 0 aliphatic carbocycles. The van der Waals surface area contributed by atoms with E-state index in [0.717, 1.165) is 5.75 Å². The van der Waals surface area contributed by atoms with E-state index in [0.29, 0.717) is 12.1 Å². The van der Waals surface area contributed by atoms with Crippen LogP contribution in [0.25, 0.3) is 0 Å². The van der Waals surface area contributed by atoms with Gasteiger partial charge in [0, 0.05) is 24.4 Å². The van der Waals surface area contributed by atoms with Gasteiger partial charge in [0.05, 0.1) is 4.92 Å². The Kier molecular flexibility index (Phi) is 6.51. The first kappa shape index (κ1) is 14.8. The Labute approximate surface area is 115 Å². The van der Waals surface area contributed by atoms with E-state index in [4.69, 9.17) is 4.74 Å². The van der Waals surface area contributed by atoms with Crippen molar-refractivity contribution in [2.24, 2.45) is 0 Å². The van der Waals surface area contributed by atoms with Crippen LogP contribution in [0.2, 0.25) is 0 Å². The number of non-ortho nitro benzene ring substituents is 1. The maximum Gasteiger partial charge on any atom is 0.407 e. The highest BCUT2D eigenvalue weighted by Crippen LogP contribution is 2.12. The van der Waals surface area contributed by atoms with Crippen molar-refractivity contribution in [2.75, 3.05) is 12.3 Å². The van der Waals surface area contributed by atoms with Crippen LogP contribution in [0, 0.1) is 10.1 Å². The zero-order valence-electron chi connectivity index (χ0n) is 9.30. The maximum absolute atomic E-state index is 11.2. The van der Waals surface area contributed by atoms with Crippen molar-refractivity contribution in [2.45, 2.75) is 6.61 Å². The first-order valence-electron chi connectivity index (χ1n) is 5.01. The standard InChI is InChI=1S/C10H11BrN2O4S/c11-18-6-5-12-10(14)17-7-8-1-3-9(4-2-8)13(15)16/h1-4H,5-7H2,(H,12,14). The van der Waals surface area contributed by atoms with E-state index in [2.05, 4.69) is 20.1 Å². The van der Waals surface area contributed by atoms with Crippen LogP contribution in [-0.2, 0) is 11.3 Å². The van der Waals surface area contributed by atoms with E-state index in [1.54, 1.807) is 12.1 Å². The van der Waals surface area contributed by atoms with Crippen LogP contribution in [0.3, 0.4) is 0 Å². The number of amides is 1. The summed E-state index contributed by atoms with van der Waals surface area (Å²) in [6.07, 6.45) is -0.505. The number of nitro groups is 1. The van der Waals surface area contributed by atoms with Crippen LogP contribution in [0.1, 0.15) is 5.56 Å². The number of nitrogens with one attached hydrogen (secondary N) is 1. The van der Waals surface area contributed by atoms with E-state index >= 15 is 0 Å². The lowest BCUT2D eigenvalue weighted by Gasteiger charge is -2.05. The van der Waals surface area contributed by atoms with Crippen molar-refractivity contribution >= 4 is 36.8 Å². The minimum absolute atomic E-state index is 0.0116. The highest BCUT2D eigenvalue weighted by Gasteiger charge is 2.05. The number of nitro benzene ring substituents is 1. The molecule has 0 spiro atoms. The van der Waals surface area contributed by atoms with E-state index in [-0.39, 0.29) is 12.3 Å². The van der Waals surface area contributed by atoms with Crippen LogP contribution in [0.15, 0.2) is 24.3 Å². The molecule has 6 nitrogen and oxygen atoms in total. The molecule has 98 valence electrons. The van der Waals surface area contributed by atoms with Gasteiger partial charge in [0.25, 0.3) is 5.69 Å². The van der Waals surface area contributed by atoms with Crippen molar-refractivity contribution in [1.82, 2.24) is 5.32 Å². The predicted octanol–water partition coefficient (Wildman–Crippen LogP) is 2.86. The van der Waals surface area contributed by atoms with Crippen molar-refractivity contribution < 1.29 is 14.5 Å². The Morgan fingerprint density at radius 1 is 1.44 bits per heavy atom. The molecule has 1 N–H and O–H groups in total. The minimum Gasteiger partial charge on any atom is -0.445 e. The summed E-state index contributed by atoms with van der Waals surface area (Å²) in [6.45, 7) is 0.598. The Morgan fingerprint density at radius 3 is 2.67 bits per heavy atom. The lowest BCUT2D eigenvalue weighted by atomic mass is 10.2. The highest BCUT2D eigenvalue weighted by molar-refractivity contribution is 9.50. The molecule has 0 aromatic heterocycles. The molecule has 0 bridgehead atoms. The number of hydrogen-bond acceptors (Lipinski definition) is 5. The van der Waals surface area contributed by atoms with Gasteiger partial charge in [-0.1, -0.05) is 10.2 Å². The molecule has 1 amide bonds. The zero-order chi connectivity index (χ0) is 13.4. The average Bonchev–Trinajstić information content (AvgIpc) is 2.37. The topological polar surface area (TPSA) is 81.5 Å². The van der Waals surface area contributed by atoms with Crippen LogP contribution in [0.4, 0.5) is 10.5 Å². The van der Waals surface area contributed by atoms with E-state index < -0.39 is 11.0 Å². The van der Waals surface area contributed by atoms with Gasteiger partial charge < -0.3 is 10.1 Å². The van der Waals surface area contributed by atoms with Gasteiger partial charge in [-0.25, -0.2) is 4.79 Å². The lowest BCUT2D eigenvalue weighted by Crippen LogP contribution is -2.26. The molecule has 1 aromatic carbocycles. The molecule has 0 atom stereocenters. The molecule has 1 rings (SSSR count). The van der Waals surface area contributed by atoms with Gasteiger partial charge in [-0.3, -0.25) is 10.1 Å². The third kappa shape index (κ3) is 5.37. The van der Waals surface area contributed by atoms with Crippen molar-refractivity contribution in [1.29, 1.82) is 0 Å². The fourth-order valence-electron chi connectivity index (χ4n) is 1.11. The molecule has 1 aromatic rings. The summed E-state index contributed by atoms with van der Waals surface area (Å²) in [5, 5.41) is 13.0. The van der Waals surface area contributed by atoms with E-state index in [1.165, 1.54) is 22.3 Å². The molecule has 8 heteroatoms. The van der Waals surface area contributed by atoms with Gasteiger partial charge in [-0.15, -0.1) is 0 Å². The summed E-state index contributed by atoms with van der Waals surface area (Å²) in [6, 6.07) is 5.86. The monoisotopic (exact) mass is 334 g/mol. The van der Waals surface area contributed by atoms with Gasteiger partial charge in [-0.05, 0) is 32.5 Å². The summed E-state index contributed by atoms with van der Waals surface area (Å²) >= 11 is 3.16. The predicted molar refractivity (Wildman–Crippen MR) is 72.7 cm³/mol. The second-order valence-corrected chi connectivity index (χ2v) is 5.24. The highest BCUT2D eigenvalue weighted by atomic mass is 79.9. The first-order valence-corrected chi connectivity index (χ1v) is 7.84. The summed E-state index contributed by atoms with van der Waals surface area (Å²) < 4.78 is 4.93. The smallest absolute Gasteiger partial charge is 0.407 e. The summed E-state index contributed by atoms with van der Waals surface area (Å²) in [7, 11) is 1.44. The molecule has 0 saturated carbocycles. The summed E-state index contributed by atoms with van der Waals surface area (Å²) in [5.74, 6) is 0.743. The fourth-order valence-corrected chi connectivity index (χ4v) is 1.77. The number of rotatable bonds is 6. The third-order valence-corrected chi connectivity index (χ3v) is 3.30. The van der Waals surface area contributed by atoms with Crippen molar-refractivity contribution in [3.8, 4) is 0 Å². The number of nitrogens with zero attached hydrogens (tertiary/aromatic N) is 1. The van der Waals surface area contributed by atoms with Gasteiger partial charge in [0.1, 0.15) is 6.61 Å². The maximum atomic E-state index is 11.2. The van der Waals surface area contributed by atoms with Gasteiger partial charge in [-0.2, -0.15) is 0 Å². The summed E-state index contributed by atoms with van der Waals surface area (Å²) in [4.78, 5) is 21.2. The van der Waals surface area contributed by atoms with E-state index in [9.17, 15) is 14.9 Å². The average molecular weight is 335 g/mol. The summed E-state index contributed by atoms with van der Waals surface area (Å²) in [5.41, 5.74) is 0.711. The van der Waals surface area contributed by atoms with E-state index in [1.807, 2.05) is 0 Å². The third-order valence-electron chi connectivity index (χ3n) is 1.97. The molecule has 18 heavy (non-hydrogen) atoms. The van der Waals surface area contributed by atoms with Crippen LogP contribution >= 0.6 is 25.0 Å². The molecule has 0 aliphatic rings. The van der Waals surface area contributed by atoms with Crippen molar-refractivity contribution in [3.05, 3.63) is 39.9 Å². The Morgan fingerprint density at radius 2 is 2.11 bits per heavy atom. The van der Waals surface area contributed by atoms with Crippen LogP contribution < -0.4 is 5.32 Å². The number of benzene rings is 1. The largest absolute Gasteiger partial charge is 0.445 e. The molecule has 0 radical (unpaired) electrons. The molecule has 0 aliphatic heterocycles. The normalized spacial score (nSPS) is 9.83. The molecular formula is C10H11BrN2O4S. The van der Waals surface area contributed by atoms with Gasteiger partial charge >= 0.3 is 6.09 Å². The SMILES string of the molecule is O=C(NCCSBr)OCc1ccc([N+](=O)[O-])cc1. The van der Waals surface area contributed by atoms with Crippen molar-refractivity contribution in [3.63, 3.8) is 0 Å². The number of halogens is 1. The Hall–Kier alpha value is -1.28. The number of alkyl carbamates (subject to hydrolysis) is 1. The van der Waals surface area contributed by atoms with Crippen LogP contribution in [-0.4, -0.2) is 23.3 Å². The second kappa shape index (κ2) is 7.93. The number of ether oxygens (including phenoxy) is 1. The molecule has 0 saturated heterocycles. The number of carbonyl (C=O) groups is 1. The molecule has 0 fully saturated rings. The Bertz CT molecular complexity index is 413. The second-order valence-electron chi connectivity index (χ2n) is 3.24. The zero-order valence-corrected chi connectivity index (χ0v) is 11.7. The Balaban J connectivity index is 2.34. The quantitative estimate of drug-likeness (QED) is 0.491. The fraction of sp³-hybridized carbons (Fsp3) is 0.300. The first-order chi connectivity index (χ1) is 8.63. The minimum atomic E-state index is -0.505. The van der Waals surface area contributed by atoms with Gasteiger partial charge in [0.2, 0.25) is 0 Å². The molecule has 0 heterocycles. The lowest BCUT2D eigenvalue weighted by molar-refractivity contribution is -0.384.